The summed E-state index contributed by atoms with van der Waals surface area (Å²) in [5.41, 5.74) is 3.80. The van der Waals surface area contributed by atoms with E-state index in [-0.39, 0.29) is 10.8 Å². The van der Waals surface area contributed by atoms with Crippen LogP contribution >= 0.6 is 11.6 Å². The molecule has 0 saturated heterocycles. The first kappa shape index (κ1) is 13.5. The molecule has 1 aromatic heterocycles. The molecule has 0 spiro atoms. The molecule has 1 N–H and O–H groups in total. The molecule has 2 heteroatoms. The molecule has 0 saturated carbocycles. The van der Waals surface area contributed by atoms with Crippen molar-refractivity contribution in [3.8, 4) is 0 Å². The van der Waals surface area contributed by atoms with Gasteiger partial charge in [0.25, 0.3) is 0 Å². The minimum Gasteiger partial charge on any atom is -0.355 e. The fourth-order valence-corrected chi connectivity index (χ4v) is 3.31. The van der Waals surface area contributed by atoms with Crippen molar-refractivity contribution >= 4 is 33.4 Å². The predicted octanol–water partition coefficient (Wildman–Crippen LogP) is 6.04. The second kappa shape index (κ2) is 4.82. The van der Waals surface area contributed by atoms with Crippen molar-refractivity contribution in [2.45, 2.75) is 32.6 Å². The van der Waals surface area contributed by atoms with Gasteiger partial charge in [-0.3, -0.25) is 0 Å². The number of aromatic amines is 1. The highest BCUT2D eigenvalue weighted by atomic mass is 35.5. The lowest BCUT2D eigenvalue weighted by Gasteiger charge is -2.22. The van der Waals surface area contributed by atoms with Gasteiger partial charge in [-0.1, -0.05) is 45.0 Å². The minimum atomic E-state index is 0.0630. The maximum atomic E-state index is 6.60. The lowest BCUT2D eigenvalue weighted by atomic mass is 9.88. The largest absolute Gasteiger partial charge is 0.355 e. The molecule has 0 amide bonds. The van der Waals surface area contributed by atoms with Crippen molar-refractivity contribution in [1.29, 1.82) is 0 Å². The van der Waals surface area contributed by atoms with Crippen molar-refractivity contribution in [3.05, 3.63) is 48.0 Å². The maximum absolute atomic E-state index is 6.60. The molecule has 3 rings (SSSR count). The number of aromatic nitrogens is 1. The van der Waals surface area contributed by atoms with Crippen molar-refractivity contribution < 1.29 is 0 Å². The van der Waals surface area contributed by atoms with Crippen LogP contribution in [0.4, 0.5) is 0 Å². The quantitative estimate of drug-likeness (QED) is 0.553. The first-order chi connectivity index (χ1) is 9.44. The van der Waals surface area contributed by atoms with Gasteiger partial charge in [0.15, 0.2) is 0 Å². The maximum Gasteiger partial charge on any atom is 0.0590 e. The molecule has 0 aliphatic carbocycles. The molecule has 3 aromatic rings. The smallest absolute Gasteiger partial charge is 0.0590 e. The first-order valence-electron chi connectivity index (χ1n) is 7.08. The number of para-hydroxylation sites is 1. The van der Waals surface area contributed by atoms with Crippen LogP contribution < -0.4 is 0 Å². The Hall–Kier alpha value is -1.47. The molecule has 1 unspecified atom stereocenters. The van der Waals surface area contributed by atoms with Gasteiger partial charge in [0.05, 0.1) is 5.38 Å². The Balaban J connectivity index is 2.07. The molecule has 0 aliphatic heterocycles. The molecular weight excluding hydrogens is 266 g/mol. The first-order valence-corrected chi connectivity index (χ1v) is 7.52. The SMILES string of the molecule is CC(C)(C)CC(Cl)c1ccc2[nH]c3ccccc3c2c1. The fraction of sp³-hybridized carbons (Fsp3) is 0.333. The Kier molecular flexibility index (Phi) is 3.25. The highest BCUT2D eigenvalue weighted by molar-refractivity contribution is 6.21. The summed E-state index contributed by atoms with van der Waals surface area (Å²) in [5, 5.41) is 2.59. The van der Waals surface area contributed by atoms with Crippen LogP contribution in [0, 0.1) is 5.41 Å². The van der Waals surface area contributed by atoms with Crippen LogP contribution in [0.2, 0.25) is 0 Å². The summed E-state index contributed by atoms with van der Waals surface area (Å²) in [5.74, 6) is 0. The topological polar surface area (TPSA) is 15.8 Å². The molecule has 0 radical (unpaired) electrons. The summed E-state index contributed by atoms with van der Waals surface area (Å²) in [6.07, 6.45) is 0.975. The van der Waals surface area contributed by atoms with Gasteiger partial charge in [-0.15, -0.1) is 11.6 Å². The lowest BCUT2D eigenvalue weighted by Crippen LogP contribution is -2.08. The van der Waals surface area contributed by atoms with Crippen molar-refractivity contribution in [1.82, 2.24) is 4.98 Å². The average molecular weight is 286 g/mol. The van der Waals surface area contributed by atoms with Gasteiger partial charge < -0.3 is 4.98 Å². The Bertz CT molecular complexity index is 749. The molecule has 1 heterocycles. The van der Waals surface area contributed by atoms with Gasteiger partial charge in [0.1, 0.15) is 0 Å². The number of hydrogen-bond acceptors (Lipinski definition) is 0. The van der Waals surface area contributed by atoms with Crippen molar-refractivity contribution in [3.63, 3.8) is 0 Å². The van der Waals surface area contributed by atoms with Gasteiger partial charge in [0, 0.05) is 21.8 Å². The van der Waals surface area contributed by atoms with E-state index in [1.165, 1.54) is 27.4 Å². The van der Waals surface area contributed by atoms with Crippen LogP contribution in [0.3, 0.4) is 0 Å². The molecule has 1 nitrogen and oxygen atoms in total. The summed E-state index contributed by atoms with van der Waals surface area (Å²) >= 11 is 6.60. The third-order valence-corrected chi connectivity index (χ3v) is 4.09. The van der Waals surface area contributed by atoms with E-state index >= 15 is 0 Å². The second-order valence-electron chi connectivity index (χ2n) is 6.71. The fourth-order valence-electron chi connectivity index (χ4n) is 2.72. The summed E-state index contributed by atoms with van der Waals surface area (Å²) < 4.78 is 0. The van der Waals surface area contributed by atoms with Gasteiger partial charge in [-0.2, -0.15) is 0 Å². The van der Waals surface area contributed by atoms with Gasteiger partial charge in [-0.25, -0.2) is 0 Å². The number of fused-ring (bicyclic) bond motifs is 3. The molecule has 1 atom stereocenters. The Morgan fingerprint density at radius 2 is 1.70 bits per heavy atom. The summed E-state index contributed by atoms with van der Waals surface area (Å²) in [6.45, 7) is 6.69. The normalized spacial score (nSPS) is 14.0. The van der Waals surface area contributed by atoms with E-state index in [0.29, 0.717) is 0 Å². The van der Waals surface area contributed by atoms with Crippen LogP contribution in [0.1, 0.15) is 38.1 Å². The van der Waals surface area contributed by atoms with Gasteiger partial charge in [0.2, 0.25) is 0 Å². The molecular formula is C18H20ClN. The number of alkyl halides is 1. The van der Waals surface area contributed by atoms with Crippen LogP contribution in [-0.2, 0) is 0 Å². The lowest BCUT2D eigenvalue weighted by molar-refractivity contribution is 0.372. The summed E-state index contributed by atoms with van der Waals surface area (Å²) in [6, 6.07) is 14.9. The summed E-state index contributed by atoms with van der Waals surface area (Å²) in [4.78, 5) is 3.45. The second-order valence-corrected chi connectivity index (χ2v) is 7.23. The van der Waals surface area contributed by atoms with E-state index in [1.807, 2.05) is 0 Å². The molecule has 0 bridgehead atoms. The summed E-state index contributed by atoms with van der Waals surface area (Å²) in [7, 11) is 0. The number of rotatable bonds is 2. The van der Waals surface area contributed by atoms with E-state index in [9.17, 15) is 0 Å². The van der Waals surface area contributed by atoms with E-state index in [4.69, 9.17) is 11.6 Å². The molecule has 0 fully saturated rings. The van der Waals surface area contributed by atoms with Gasteiger partial charge in [-0.05, 0) is 35.6 Å². The zero-order valence-corrected chi connectivity index (χ0v) is 13.0. The van der Waals surface area contributed by atoms with Crippen LogP contribution in [0.25, 0.3) is 21.8 Å². The van der Waals surface area contributed by atoms with E-state index < -0.39 is 0 Å². The third kappa shape index (κ3) is 2.55. The number of benzene rings is 2. The highest BCUT2D eigenvalue weighted by Gasteiger charge is 2.18. The Morgan fingerprint density at radius 1 is 1.00 bits per heavy atom. The van der Waals surface area contributed by atoms with Crippen LogP contribution in [0.5, 0.6) is 0 Å². The number of halogens is 1. The average Bonchev–Trinajstić information content (AvgIpc) is 2.74. The monoisotopic (exact) mass is 285 g/mol. The Morgan fingerprint density at radius 3 is 2.45 bits per heavy atom. The predicted molar refractivity (Wildman–Crippen MR) is 88.5 cm³/mol. The molecule has 2 aromatic carbocycles. The standard InChI is InChI=1S/C18H20ClN/c1-18(2,3)11-15(19)12-8-9-17-14(10-12)13-6-4-5-7-16(13)20-17/h4-10,15,20H,11H2,1-3H3. The highest BCUT2D eigenvalue weighted by Crippen LogP contribution is 2.36. The number of H-pyrrole nitrogens is 1. The number of nitrogens with one attached hydrogen (secondary N) is 1. The van der Waals surface area contributed by atoms with Crippen LogP contribution in [-0.4, -0.2) is 4.98 Å². The van der Waals surface area contributed by atoms with Crippen molar-refractivity contribution in [2.24, 2.45) is 5.41 Å². The molecule has 20 heavy (non-hydrogen) atoms. The minimum absolute atomic E-state index is 0.0630. The molecule has 104 valence electrons. The van der Waals surface area contributed by atoms with E-state index in [0.717, 1.165) is 6.42 Å². The van der Waals surface area contributed by atoms with E-state index in [2.05, 4.69) is 68.2 Å². The van der Waals surface area contributed by atoms with Crippen LogP contribution in [0.15, 0.2) is 42.5 Å². The van der Waals surface area contributed by atoms with Crippen molar-refractivity contribution in [2.75, 3.05) is 0 Å². The third-order valence-electron chi connectivity index (χ3n) is 3.68. The van der Waals surface area contributed by atoms with E-state index in [1.54, 1.807) is 0 Å². The Labute approximate surface area is 124 Å². The molecule has 0 aliphatic rings. The zero-order chi connectivity index (χ0) is 14.3. The zero-order valence-electron chi connectivity index (χ0n) is 12.2. The number of hydrogen-bond donors (Lipinski definition) is 1. The van der Waals surface area contributed by atoms with Gasteiger partial charge >= 0.3 is 0 Å².